The van der Waals surface area contributed by atoms with Crippen LogP contribution in [-0.4, -0.2) is 43.2 Å². The SMILES string of the molecule is CCc1ccccc1N1CC(CN)N(C)CC1(C)C. The van der Waals surface area contributed by atoms with Crippen LogP contribution in [0.4, 0.5) is 5.69 Å². The van der Waals surface area contributed by atoms with E-state index in [9.17, 15) is 0 Å². The third-order valence-electron chi connectivity index (χ3n) is 4.32. The van der Waals surface area contributed by atoms with Gasteiger partial charge in [0.15, 0.2) is 0 Å². The van der Waals surface area contributed by atoms with E-state index in [1.165, 1.54) is 11.3 Å². The van der Waals surface area contributed by atoms with Gasteiger partial charge in [0.05, 0.1) is 0 Å². The second-order valence-electron chi connectivity index (χ2n) is 6.21. The maximum atomic E-state index is 5.92. The number of nitrogens with two attached hydrogens (primary N) is 1. The lowest BCUT2D eigenvalue weighted by molar-refractivity contribution is 0.155. The molecule has 0 bridgehead atoms. The molecule has 3 nitrogen and oxygen atoms in total. The van der Waals surface area contributed by atoms with E-state index in [-0.39, 0.29) is 5.54 Å². The van der Waals surface area contributed by atoms with Crippen LogP contribution in [0.2, 0.25) is 0 Å². The lowest BCUT2D eigenvalue weighted by atomic mass is 9.93. The maximum absolute atomic E-state index is 5.92. The Kier molecular flexibility index (Phi) is 4.16. The molecule has 1 atom stereocenters. The summed E-state index contributed by atoms with van der Waals surface area (Å²) in [5.74, 6) is 0. The number of anilines is 1. The highest BCUT2D eigenvalue weighted by Gasteiger charge is 2.37. The molecule has 0 amide bonds. The Morgan fingerprint density at radius 1 is 1.32 bits per heavy atom. The van der Waals surface area contributed by atoms with Gasteiger partial charge >= 0.3 is 0 Å². The molecular weight excluding hydrogens is 234 g/mol. The minimum atomic E-state index is 0.145. The van der Waals surface area contributed by atoms with Gasteiger partial charge < -0.3 is 10.6 Å². The van der Waals surface area contributed by atoms with Crippen molar-refractivity contribution in [3.05, 3.63) is 29.8 Å². The van der Waals surface area contributed by atoms with Crippen molar-refractivity contribution in [2.75, 3.05) is 31.6 Å². The fraction of sp³-hybridized carbons (Fsp3) is 0.625. The van der Waals surface area contributed by atoms with E-state index in [0.29, 0.717) is 6.04 Å². The molecule has 1 heterocycles. The number of rotatable bonds is 3. The summed E-state index contributed by atoms with van der Waals surface area (Å²) in [6.45, 7) is 9.65. The van der Waals surface area contributed by atoms with Gasteiger partial charge in [0.1, 0.15) is 0 Å². The Labute approximate surface area is 117 Å². The summed E-state index contributed by atoms with van der Waals surface area (Å²) in [6.07, 6.45) is 1.08. The Hall–Kier alpha value is -1.06. The first-order chi connectivity index (χ1) is 8.99. The molecule has 1 aromatic rings. The van der Waals surface area contributed by atoms with Crippen LogP contribution in [0, 0.1) is 0 Å². The van der Waals surface area contributed by atoms with Crippen LogP contribution >= 0.6 is 0 Å². The summed E-state index contributed by atoms with van der Waals surface area (Å²) in [4.78, 5) is 4.94. The maximum Gasteiger partial charge on any atom is 0.0473 e. The Balaban J connectivity index is 2.35. The number of nitrogens with zero attached hydrogens (tertiary/aromatic N) is 2. The van der Waals surface area contributed by atoms with Crippen molar-refractivity contribution >= 4 is 5.69 Å². The van der Waals surface area contributed by atoms with E-state index in [1.54, 1.807) is 0 Å². The summed E-state index contributed by atoms with van der Waals surface area (Å²) in [5, 5.41) is 0. The molecule has 0 aromatic heterocycles. The first-order valence-electron chi connectivity index (χ1n) is 7.25. The third kappa shape index (κ3) is 2.77. The first kappa shape index (κ1) is 14.4. The molecule has 106 valence electrons. The van der Waals surface area contributed by atoms with E-state index in [2.05, 4.69) is 61.9 Å². The predicted octanol–water partition coefficient (Wildman–Crippen LogP) is 2.11. The van der Waals surface area contributed by atoms with Crippen molar-refractivity contribution in [3.63, 3.8) is 0 Å². The van der Waals surface area contributed by atoms with E-state index in [0.717, 1.165) is 26.1 Å². The lowest BCUT2D eigenvalue weighted by Crippen LogP contribution is -2.64. The average Bonchev–Trinajstić information content (AvgIpc) is 2.38. The monoisotopic (exact) mass is 261 g/mol. The quantitative estimate of drug-likeness (QED) is 0.904. The predicted molar refractivity (Wildman–Crippen MR) is 82.7 cm³/mol. The van der Waals surface area contributed by atoms with Crippen LogP contribution in [0.15, 0.2) is 24.3 Å². The number of piperazine rings is 1. The molecule has 1 aromatic carbocycles. The highest BCUT2D eigenvalue weighted by Crippen LogP contribution is 2.32. The number of likely N-dealkylation sites (N-methyl/N-ethyl adjacent to an activating group) is 1. The number of hydrogen-bond donors (Lipinski definition) is 1. The van der Waals surface area contributed by atoms with E-state index >= 15 is 0 Å². The zero-order valence-electron chi connectivity index (χ0n) is 12.7. The zero-order chi connectivity index (χ0) is 14.0. The second-order valence-corrected chi connectivity index (χ2v) is 6.21. The molecule has 2 rings (SSSR count). The normalized spacial score (nSPS) is 23.6. The zero-order valence-corrected chi connectivity index (χ0v) is 12.7. The summed E-state index contributed by atoms with van der Waals surface area (Å²) in [6, 6.07) is 9.20. The summed E-state index contributed by atoms with van der Waals surface area (Å²) in [5.41, 5.74) is 8.87. The van der Waals surface area contributed by atoms with Gasteiger partial charge in [-0.15, -0.1) is 0 Å². The van der Waals surface area contributed by atoms with Gasteiger partial charge in [-0.1, -0.05) is 25.1 Å². The lowest BCUT2D eigenvalue weighted by Gasteiger charge is -2.51. The van der Waals surface area contributed by atoms with Crippen LogP contribution in [0.5, 0.6) is 0 Å². The molecule has 1 saturated heterocycles. The van der Waals surface area contributed by atoms with Gasteiger partial charge in [-0.25, -0.2) is 0 Å². The van der Waals surface area contributed by atoms with Crippen LogP contribution in [0.25, 0.3) is 0 Å². The summed E-state index contributed by atoms with van der Waals surface area (Å²) < 4.78 is 0. The second kappa shape index (κ2) is 5.51. The minimum absolute atomic E-state index is 0.145. The minimum Gasteiger partial charge on any atom is -0.363 e. The molecule has 2 N–H and O–H groups in total. The smallest absolute Gasteiger partial charge is 0.0473 e. The van der Waals surface area contributed by atoms with Crippen molar-refractivity contribution in [2.24, 2.45) is 5.73 Å². The Morgan fingerprint density at radius 2 is 2.00 bits per heavy atom. The Morgan fingerprint density at radius 3 is 2.63 bits per heavy atom. The first-order valence-corrected chi connectivity index (χ1v) is 7.25. The van der Waals surface area contributed by atoms with Gasteiger partial charge in [0, 0.05) is 36.9 Å². The molecule has 3 heteroatoms. The molecule has 19 heavy (non-hydrogen) atoms. The van der Waals surface area contributed by atoms with Gasteiger partial charge in [-0.2, -0.15) is 0 Å². The van der Waals surface area contributed by atoms with Crippen LogP contribution in [-0.2, 0) is 6.42 Å². The molecule has 1 aliphatic rings. The van der Waals surface area contributed by atoms with Gasteiger partial charge in [-0.05, 0) is 38.9 Å². The van der Waals surface area contributed by atoms with Crippen LogP contribution in [0.1, 0.15) is 26.3 Å². The molecule has 1 fully saturated rings. The van der Waals surface area contributed by atoms with E-state index in [4.69, 9.17) is 5.73 Å². The molecule has 0 radical (unpaired) electrons. The van der Waals surface area contributed by atoms with E-state index in [1.807, 2.05) is 0 Å². The van der Waals surface area contributed by atoms with Crippen molar-refractivity contribution in [1.82, 2.24) is 4.90 Å². The number of hydrogen-bond acceptors (Lipinski definition) is 3. The largest absolute Gasteiger partial charge is 0.363 e. The molecule has 0 spiro atoms. The number of aryl methyl sites for hydroxylation is 1. The molecular formula is C16H27N3. The topological polar surface area (TPSA) is 32.5 Å². The number of para-hydroxylation sites is 1. The van der Waals surface area contributed by atoms with E-state index < -0.39 is 0 Å². The summed E-state index contributed by atoms with van der Waals surface area (Å²) in [7, 11) is 2.18. The standard InChI is InChI=1S/C16H27N3/c1-5-13-8-6-7-9-15(13)19-11-14(10-17)18(4)12-16(19,2)3/h6-9,14H,5,10-12,17H2,1-4H3. The number of benzene rings is 1. The van der Waals surface area contributed by atoms with Crippen LogP contribution in [0.3, 0.4) is 0 Å². The van der Waals surface area contributed by atoms with Crippen molar-refractivity contribution < 1.29 is 0 Å². The molecule has 0 saturated carbocycles. The average molecular weight is 261 g/mol. The van der Waals surface area contributed by atoms with Gasteiger partial charge in [0.25, 0.3) is 0 Å². The molecule has 1 unspecified atom stereocenters. The van der Waals surface area contributed by atoms with Crippen molar-refractivity contribution in [2.45, 2.75) is 38.8 Å². The highest BCUT2D eigenvalue weighted by atomic mass is 15.3. The van der Waals surface area contributed by atoms with Crippen molar-refractivity contribution in [3.8, 4) is 0 Å². The third-order valence-corrected chi connectivity index (χ3v) is 4.32. The fourth-order valence-corrected chi connectivity index (χ4v) is 3.17. The Bertz CT molecular complexity index is 428. The molecule has 0 aliphatic carbocycles. The van der Waals surface area contributed by atoms with Gasteiger partial charge in [0.2, 0.25) is 0 Å². The summed E-state index contributed by atoms with van der Waals surface area (Å²) >= 11 is 0. The van der Waals surface area contributed by atoms with Gasteiger partial charge in [-0.3, -0.25) is 4.90 Å². The van der Waals surface area contributed by atoms with Crippen LogP contribution < -0.4 is 10.6 Å². The molecule has 1 aliphatic heterocycles. The fourth-order valence-electron chi connectivity index (χ4n) is 3.17. The highest BCUT2D eigenvalue weighted by molar-refractivity contribution is 5.56. The van der Waals surface area contributed by atoms with Crippen molar-refractivity contribution in [1.29, 1.82) is 0 Å².